The van der Waals surface area contributed by atoms with E-state index >= 15 is 0 Å². The zero-order valence-electron chi connectivity index (χ0n) is 15.5. The van der Waals surface area contributed by atoms with Gasteiger partial charge in [-0.3, -0.25) is 4.99 Å². The third kappa shape index (κ3) is 10.5. The molecular formula is C18H37N5O. The standard InChI is InChI=1S/C18H37N5O/c1-2-3-4-5-6-7-8-9-10-11-12-21-17(19)22-18(20)23-13-15-24-16-14-23/h2-16H2,1H3,(H4,19,20,21,22). The summed E-state index contributed by atoms with van der Waals surface area (Å²) in [6.45, 7) is 5.90. The molecule has 24 heavy (non-hydrogen) atoms. The van der Waals surface area contributed by atoms with Crippen LogP contribution in [0.4, 0.5) is 0 Å². The van der Waals surface area contributed by atoms with Crippen molar-refractivity contribution in [3.05, 3.63) is 0 Å². The van der Waals surface area contributed by atoms with Crippen molar-refractivity contribution in [1.29, 1.82) is 0 Å². The Morgan fingerprint density at radius 3 is 2.00 bits per heavy atom. The van der Waals surface area contributed by atoms with E-state index in [1.165, 1.54) is 57.8 Å². The van der Waals surface area contributed by atoms with E-state index in [2.05, 4.69) is 16.9 Å². The van der Waals surface area contributed by atoms with E-state index in [0.717, 1.165) is 26.1 Å². The molecule has 1 saturated heterocycles. The van der Waals surface area contributed by atoms with E-state index in [-0.39, 0.29) is 5.96 Å². The molecule has 6 nitrogen and oxygen atoms in total. The van der Waals surface area contributed by atoms with Gasteiger partial charge in [-0.1, -0.05) is 64.7 Å². The van der Waals surface area contributed by atoms with Crippen LogP contribution in [-0.4, -0.2) is 49.7 Å². The van der Waals surface area contributed by atoms with Crippen LogP contribution < -0.4 is 11.5 Å². The molecule has 1 aliphatic rings. The largest absolute Gasteiger partial charge is 0.378 e. The average Bonchev–Trinajstić information content (AvgIpc) is 2.60. The highest BCUT2D eigenvalue weighted by molar-refractivity contribution is 5.93. The van der Waals surface area contributed by atoms with Crippen LogP contribution in [0.15, 0.2) is 9.98 Å². The molecule has 0 unspecified atom stereocenters. The molecule has 1 rings (SSSR count). The molecule has 0 spiro atoms. The van der Waals surface area contributed by atoms with Gasteiger partial charge < -0.3 is 21.1 Å². The van der Waals surface area contributed by atoms with Crippen molar-refractivity contribution in [2.75, 3.05) is 32.8 Å². The van der Waals surface area contributed by atoms with Gasteiger partial charge in [-0.25, -0.2) is 0 Å². The number of guanidine groups is 2. The van der Waals surface area contributed by atoms with Crippen LogP contribution in [0.25, 0.3) is 0 Å². The summed E-state index contributed by atoms with van der Waals surface area (Å²) in [4.78, 5) is 10.5. The Balaban J connectivity index is 2.01. The molecule has 0 saturated carbocycles. The van der Waals surface area contributed by atoms with Crippen LogP contribution in [0, 0.1) is 0 Å². The maximum atomic E-state index is 5.94. The fourth-order valence-electron chi connectivity index (χ4n) is 2.81. The van der Waals surface area contributed by atoms with Gasteiger partial charge in [0, 0.05) is 19.6 Å². The number of nitrogens with two attached hydrogens (primary N) is 2. The normalized spacial score (nSPS) is 16.6. The predicted octanol–water partition coefficient (Wildman–Crippen LogP) is 2.87. The van der Waals surface area contributed by atoms with Gasteiger partial charge in [0.2, 0.25) is 5.96 Å². The average molecular weight is 340 g/mol. The molecule has 0 aromatic carbocycles. The predicted molar refractivity (Wildman–Crippen MR) is 102 cm³/mol. The van der Waals surface area contributed by atoms with Crippen molar-refractivity contribution in [2.45, 2.75) is 71.1 Å². The van der Waals surface area contributed by atoms with Crippen molar-refractivity contribution >= 4 is 11.9 Å². The fraction of sp³-hybridized carbons (Fsp3) is 0.889. The van der Waals surface area contributed by atoms with E-state index in [4.69, 9.17) is 16.2 Å². The highest BCUT2D eigenvalue weighted by Crippen LogP contribution is 2.10. The number of aliphatic imine (C=N–C) groups is 2. The fourth-order valence-corrected chi connectivity index (χ4v) is 2.81. The summed E-state index contributed by atoms with van der Waals surface area (Å²) in [7, 11) is 0. The molecule has 0 aliphatic carbocycles. The zero-order chi connectivity index (χ0) is 17.5. The number of rotatable bonds is 11. The van der Waals surface area contributed by atoms with Gasteiger partial charge in [-0.15, -0.1) is 0 Å². The van der Waals surface area contributed by atoms with E-state index < -0.39 is 0 Å². The van der Waals surface area contributed by atoms with Gasteiger partial charge >= 0.3 is 0 Å². The summed E-state index contributed by atoms with van der Waals surface area (Å²) in [5.74, 6) is 0.734. The molecule has 6 heteroatoms. The summed E-state index contributed by atoms with van der Waals surface area (Å²) in [5, 5.41) is 0. The van der Waals surface area contributed by atoms with Crippen LogP contribution in [0.5, 0.6) is 0 Å². The van der Waals surface area contributed by atoms with Crippen LogP contribution in [-0.2, 0) is 4.74 Å². The Labute approximate surface area is 147 Å². The third-order valence-electron chi connectivity index (χ3n) is 4.35. The maximum Gasteiger partial charge on any atom is 0.218 e. The first-order valence-corrected chi connectivity index (χ1v) is 9.70. The molecular weight excluding hydrogens is 302 g/mol. The number of hydrogen-bond acceptors (Lipinski definition) is 2. The number of nitrogens with zero attached hydrogens (tertiary/aromatic N) is 3. The second-order valence-corrected chi connectivity index (χ2v) is 6.49. The Morgan fingerprint density at radius 2 is 1.42 bits per heavy atom. The Bertz CT molecular complexity index is 364. The van der Waals surface area contributed by atoms with E-state index in [9.17, 15) is 0 Å². The van der Waals surface area contributed by atoms with Crippen LogP contribution in [0.1, 0.15) is 71.1 Å². The van der Waals surface area contributed by atoms with E-state index in [1.54, 1.807) is 0 Å². The third-order valence-corrected chi connectivity index (χ3v) is 4.35. The molecule has 0 aromatic heterocycles. The van der Waals surface area contributed by atoms with Gasteiger partial charge in [-0.2, -0.15) is 4.99 Å². The van der Waals surface area contributed by atoms with E-state index in [0.29, 0.717) is 19.2 Å². The topological polar surface area (TPSA) is 89.2 Å². The minimum absolute atomic E-state index is 0.287. The Kier molecular flexibility index (Phi) is 12.2. The van der Waals surface area contributed by atoms with Crippen molar-refractivity contribution in [2.24, 2.45) is 21.5 Å². The summed E-state index contributed by atoms with van der Waals surface area (Å²) in [5.41, 5.74) is 11.8. The van der Waals surface area contributed by atoms with Gasteiger partial charge in [0.05, 0.1) is 13.2 Å². The smallest absolute Gasteiger partial charge is 0.218 e. The van der Waals surface area contributed by atoms with Gasteiger partial charge in [0.1, 0.15) is 0 Å². The summed E-state index contributed by atoms with van der Waals surface area (Å²) in [6, 6.07) is 0. The minimum Gasteiger partial charge on any atom is -0.378 e. The first-order chi connectivity index (χ1) is 11.7. The lowest BCUT2D eigenvalue weighted by molar-refractivity contribution is 0.0676. The van der Waals surface area contributed by atoms with Gasteiger partial charge in [-0.05, 0) is 6.42 Å². The molecule has 0 aromatic rings. The number of unbranched alkanes of at least 4 members (excludes halogenated alkanes) is 9. The first kappa shape index (κ1) is 20.7. The number of ether oxygens (including phenoxy) is 1. The second kappa shape index (κ2) is 14.1. The zero-order valence-corrected chi connectivity index (χ0v) is 15.5. The van der Waals surface area contributed by atoms with Crippen LogP contribution >= 0.6 is 0 Å². The molecule has 4 N–H and O–H groups in total. The minimum atomic E-state index is 0.287. The first-order valence-electron chi connectivity index (χ1n) is 9.70. The molecule has 140 valence electrons. The molecule has 1 heterocycles. The lowest BCUT2D eigenvalue weighted by atomic mass is 10.1. The Morgan fingerprint density at radius 1 is 0.875 bits per heavy atom. The molecule has 1 aliphatic heterocycles. The van der Waals surface area contributed by atoms with Crippen molar-refractivity contribution < 1.29 is 4.74 Å². The lowest BCUT2D eigenvalue weighted by Gasteiger charge is -2.27. The Hall–Kier alpha value is -1.30. The van der Waals surface area contributed by atoms with E-state index in [1.807, 2.05) is 4.90 Å². The second-order valence-electron chi connectivity index (χ2n) is 6.49. The lowest BCUT2D eigenvalue weighted by Crippen LogP contribution is -2.45. The summed E-state index contributed by atoms with van der Waals surface area (Å²) in [6.07, 6.45) is 13.2. The highest BCUT2D eigenvalue weighted by atomic mass is 16.5. The SMILES string of the molecule is CCCCCCCCCCCCN=C(N)N=C(N)N1CCOCC1. The quantitative estimate of drug-likeness (QED) is 0.344. The monoisotopic (exact) mass is 339 g/mol. The van der Waals surface area contributed by atoms with Gasteiger partial charge in [0.25, 0.3) is 0 Å². The maximum absolute atomic E-state index is 5.94. The van der Waals surface area contributed by atoms with Gasteiger partial charge in [0.15, 0.2) is 5.96 Å². The number of morpholine rings is 1. The van der Waals surface area contributed by atoms with Crippen LogP contribution in [0.3, 0.4) is 0 Å². The summed E-state index contributed by atoms with van der Waals surface area (Å²) < 4.78 is 5.29. The molecule has 0 atom stereocenters. The molecule has 0 bridgehead atoms. The molecule has 1 fully saturated rings. The van der Waals surface area contributed by atoms with Crippen molar-refractivity contribution in [3.8, 4) is 0 Å². The molecule has 0 radical (unpaired) electrons. The van der Waals surface area contributed by atoms with Crippen molar-refractivity contribution in [3.63, 3.8) is 0 Å². The van der Waals surface area contributed by atoms with Crippen molar-refractivity contribution in [1.82, 2.24) is 4.90 Å². The molecule has 0 amide bonds. The highest BCUT2D eigenvalue weighted by Gasteiger charge is 2.12. The summed E-state index contributed by atoms with van der Waals surface area (Å²) >= 11 is 0. The van der Waals surface area contributed by atoms with Crippen LogP contribution in [0.2, 0.25) is 0 Å². The number of hydrogen-bond donors (Lipinski definition) is 2.